The summed E-state index contributed by atoms with van der Waals surface area (Å²) in [6, 6.07) is 23.7. The van der Waals surface area contributed by atoms with Gasteiger partial charge in [0.05, 0.1) is 6.54 Å². The van der Waals surface area contributed by atoms with Crippen molar-refractivity contribution in [3.63, 3.8) is 0 Å². The lowest BCUT2D eigenvalue weighted by atomic mass is 10.1. The molecule has 6 nitrogen and oxygen atoms in total. The van der Waals surface area contributed by atoms with Gasteiger partial charge < -0.3 is 20.3 Å². The van der Waals surface area contributed by atoms with Gasteiger partial charge in [0.25, 0.3) is 5.91 Å². The van der Waals surface area contributed by atoms with E-state index in [1.807, 2.05) is 61.5 Å². The number of carbonyl (C=O) groups excluding carboxylic acids is 2. The second-order valence-electron chi connectivity index (χ2n) is 7.45. The van der Waals surface area contributed by atoms with Crippen LogP contribution >= 0.6 is 0 Å². The van der Waals surface area contributed by atoms with Gasteiger partial charge in [0.15, 0.2) is 0 Å². The molecule has 3 rings (SSSR count). The van der Waals surface area contributed by atoms with Crippen molar-refractivity contribution in [2.75, 3.05) is 35.7 Å². The molecule has 0 spiro atoms. The normalized spacial score (nSPS) is 10.2. The standard InChI is InChI=1S/C26H27N3O3/c1-19(2)18-32-24-15-13-21(14-16-24)27-17-25(30)28-22-11-9-20(10-12-22)26(31)29(3)23-7-5-4-6-8-23/h4-16,27H,1,17-18H2,2-3H3,(H,28,30). The zero-order chi connectivity index (χ0) is 22.9. The molecule has 0 aliphatic carbocycles. The number of amides is 2. The summed E-state index contributed by atoms with van der Waals surface area (Å²) >= 11 is 0. The molecule has 0 aliphatic heterocycles. The number of ether oxygens (including phenoxy) is 1. The van der Waals surface area contributed by atoms with E-state index in [1.165, 1.54) is 0 Å². The van der Waals surface area contributed by atoms with Crippen LogP contribution in [0.25, 0.3) is 0 Å². The van der Waals surface area contributed by atoms with Crippen molar-refractivity contribution >= 4 is 28.9 Å². The van der Waals surface area contributed by atoms with Gasteiger partial charge in [-0.15, -0.1) is 0 Å². The molecule has 0 unspecified atom stereocenters. The number of hydrogen-bond acceptors (Lipinski definition) is 4. The van der Waals surface area contributed by atoms with E-state index < -0.39 is 0 Å². The fourth-order valence-electron chi connectivity index (χ4n) is 2.92. The van der Waals surface area contributed by atoms with Gasteiger partial charge in [0, 0.05) is 29.7 Å². The fourth-order valence-corrected chi connectivity index (χ4v) is 2.92. The molecule has 3 aromatic rings. The van der Waals surface area contributed by atoms with Gasteiger partial charge in [0.2, 0.25) is 5.91 Å². The van der Waals surface area contributed by atoms with Gasteiger partial charge in [-0.1, -0.05) is 24.8 Å². The Labute approximate surface area is 188 Å². The van der Waals surface area contributed by atoms with Crippen LogP contribution in [0.1, 0.15) is 17.3 Å². The van der Waals surface area contributed by atoms with Crippen LogP contribution in [0.4, 0.5) is 17.1 Å². The number of benzene rings is 3. The Morgan fingerprint density at radius 2 is 1.53 bits per heavy atom. The second kappa shape index (κ2) is 10.8. The maximum Gasteiger partial charge on any atom is 0.258 e. The molecule has 0 aromatic heterocycles. The third-order valence-electron chi connectivity index (χ3n) is 4.66. The van der Waals surface area contributed by atoms with Crippen LogP contribution in [0.3, 0.4) is 0 Å². The molecule has 3 aromatic carbocycles. The Balaban J connectivity index is 1.49. The number of rotatable bonds is 9. The van der Waals surface area contributed by atoms with E-state index in [0.29, 0.717) is 17.9 Å². The van der Waals surface area contributed by atoms with Gasteiger partial charge in [-0.25, -0.2) is 0 Å². The van der Waals surface area contributed by atoms with Crippen molar-refractivity contribution < 1.29 is 14.3 Å². The van der Waals surface area contributed by atoms with Crippen molar-refractivity contribution in [3.8, 4) is 5.75 Å². The summed E-state index contributed by atoms with van der Waals surface area (Å²) < 4.78 is 5.56. The summed E-state index contributed by atoms with van der Waals surface area (Å²) in [7, 11) is 1.73. The number of carbonyl (C=O) groups is 2. The maximum atomic E-state index is 12.7. The van der Waals surface area contributed by atoms with Crippen LogP contribution in [0.5, 0.6) is 5.75 Å². The fraction of sp³-hybridized carbons (Fsp3) is 0.154. The van der Waals surface area contributed by atoms with Crippen LogP contribution in [0, 0.1) is 0 Å². The Bertz CT molecular complexity index is 1060. The molecule has 6 heteroatoms. The smallest absolute Gasteiger partial charge is 0.258 e. The Morgan fingerprint density at radius 1 is 0.906 bits per heavy atom. The molecule has 0 saturated heterocycles. The van der Waals surface area contributed by atoms with E-state index in [1.54, 1.807) is 36.2 Å². The molecule has 0 atom stereocenters. The first-order valence-corrected chi connectivity index (χ1v) is 10.3. The van der Waals surface area contributed by atoms with E-state index in [9.17, 15) is 9.59 Å². The average molecular weight is 430 g/mol. The predicted octanol–water partition coefficient (Wildman–Crippen LogP) is 4.97. The Kier molecular flexibility index (Phi) is 7.65. The van der Waals surface area contributed by atoms with Gasteiger partial charge >= 0.3 is 0 Å². The molecule has 0 aliphatic rings. The molecule has 32 heavy (non-hydrogen) atoms. The summed E-state index contributed by atoms with van der Waals surface area (Å²) in [5.41, 5.74) is 3.74. The minimum Gasteiger partial charge on any atom is -0.489 e. The lowest BCUT2D eigenvalue weighted by molar-refractivity contribution is -0.114. The van der Waals surface area contributed by atoms with Crippen molar-refractivity contribution in [1.82, 2.24) is 0 Å². The van der Waals surface area contributed by atoms with Crippen molar-refractivity contribution in [2.24, 2.45) is 0 Å². The molecular weight excluding hydrogens is 402 g/mol. The summed E-state index contributed by atoms with van der Waals surface area (Å²) in [4.78, 5) is 26.5. The minimum absolute atomic E-state index is 0.114. The largest absolute Gasteiger partial charge is 0.489 e. The number of anilines is 3. The maximum absolute atomic E-state index is 12.7. The topological polar surface area (TPSA) is 70.7 Å². The Hall–Kier alpha value is -4.06. The quantitative estimate of drug-likeness (QED) is 0.471. The molecule has 164 valence electrons. The van der Waals surface area contributed by atoms with Gasteiger partial charge in [-0.2, -0.15) is 0 Å². The molecular formula is C26H27N3O3. The lowest BCUT2D eigenvalue weighted by Crippen LogP contribution is -2.26. The lowest BCUT2D eigenvalue weighted by Gasteiger charge is -2.17. The zero-order valence-corrected chi connectivity index (χ0v) is 18.3. The van der Waals surface area contributed by atoms with Crippen LogP contribution in [-0.4, -0.2) is 32.0 Å². The summed E-state index contributed by atoms with van der Waals surface area (Å²) in [6.07, 6.45) is 0. The highest BCUT2D eigenvalue weighted by Crippen LogP contribution is 2.18. The van der Waals surface area contributed by atoms with Crippen LogP contribution < -0.4 is 20.3 Å². The monoisotopic (exact) mass is 429 g/mol. The molecule has 0 radical (unpaired) electrons. The predicted molar refractivity (Wildman–Crippen MR) is 129 cm³/mol. The van der Waals surface area contributed by atoms with E-state index in [2.05, 4.69) is 17.2 Å². The average Bonchev–Trinajstić information content (AvgIpc) is 2.82. The van der Waals surface area contributed by atoms with Crippen molar-refractivity contribution in [3.05, 3.63) is 96.6 Å². The van der Waals surface area contributed by atoms with Crippen LogP contribution in [-0.2, 0) is 4.79 Å². The van der Waals surface area contributed by atoms with E-state index in [0.717, 1.165) is 22.7 Å². The van der Waals surface area contributed by atoms with Crippen LogP contribution in [0.15, 0.2) is 91.0 Å². The molecule has 2 N–H and O–H groups in total. The third kappa shape index (κ3) is 6.47. The summed E-state index contributed by atoms with van der Waals surface area (Å²) in [5.74, 6) is 0.440. The Morgan fingerprint density at radius 3 is 2.16 bits per heavy atom. The van der Waals surface area contributed by atoms with Gasteiger partial charge in [-0.3, -0.25) is 9.59 Å². The molecule has 0 heterocycles. The first-order valence-electron chi connectivity index (χ1n) is 10.3. The zero-order valence-electron chi connectivity index (χ0n) is 18.3. The first-order chi connectivity index (χ1) is 15.4. The number of nitrogens with one attached hydrogen (secondary N) is 2. The highest BCUT2D eigenvalue weighted by molar-refractivity contribution is 6.06. The van der Waals surface area contributed by atoms with Crippen LogP contribution in [0.2, 0.25) is 0 Å². The van der Waals surface area contributed by atoms with Gasteiger partial charge in [-0.05, 0) is 73.2 Å². The van der Waals surface area contributed by atoms with Gasteiger partial charge in [0.1, 0.15) is 12.4 Å². The van der Waals surface area contributed by atoms with Crippen molar-refractivity contribution in [2.45, 2.75) is 6.92 Å². The van der Waals surface area contributed by atoms with E-state index in [-0.39, 0.29) is 18.4 Å². The summed E-state index contributed by atoms with van der Waals surface area (Å²) in [5, 5.41) is 5.90. The molecule has 0 fully saturated rings. The highest BCUT2D eigenvalue weighted by Gasteiger charge is 2.13. The summed E-state index contributed by atoms with van der Waals surface area (Å²) in [6.45, 7) is 6.30. The second-order valence-corrected chi connectivity index (χ2v) is 7.45. The number of hydrogen-bond donors (Lipinski definition) is 2. The van der Waals surface area contributed by atoms with E-state index in [4.69, 9.17) is 4.74 Å². The first kappa shape index (κ1) is 22.6. The number of nitrogens with zero attached hydrogens (tertiary/aromatic N) is 1. The molecule has 0 bridgehead atoms. The highest BCUT2D eigenvalue weighted by atomic mass is 16.5. The third-order valence-corrected chi connectivity index (χ3v) is 4.66. The number of para-hydroxylation sites is 1. The molecule has 2 amide bonds. The molecule has 0 saturated carbocycles. The minimum atomic E-state index is -0.187. The van der Waals surface area contributed by atoms with Crippen molar-refractivity contribution in [1.29, 1.82) is 0 Å². The SMILES string of the molecule is C=C(C)COc1ccc(NCC(=O)Nc2ccc(C(=O)N(C)c3ccccc3)cc2)cc1. The van der Waals surface area contributed by atoms with E-state index >= 15 is 0 Å².